The van der Waals surface area contributed by atoms with E-state index in [9.17, 15) is 4.79 Å². The van der Waals surface area contributed by atoms with E-state index in [2.05, 4.69) is 5.16 Å². The number of fused-ring (bicyclic) bond motifs is 3. The number of hydrogen-bond donors (Lipinski definition) is 1. The van der Waals surface area contributed by atoms with Gasteiger partial charge in [0.15, 0.2) is 5.76 Å². The van der Waals surface area contributed by atoms with Crippen molar-refractivity contribution in [3.8, 4) is 11.1 Å². The van der Waals surface area contributed by atoms with Gasteiger partial charge in [-0.25, -0.2) is 0 Å². The molecule has 1 aromatic heterocycles. The molecule has 2 aromatic carbocycles. The Morgan fingerprint density at radius 1 is 1.15 bits per heavy atom. The van der Waals surface area contributed by atoms with E-state index in [1.807, 2.05) is 55.5 Å². The summed E-state index contributed by atoms with van der Waals surface area (Å²) in [5.41, 5.74) is 10.7. The summed E-state index contributed by atoms with van der Waals surface area (Å²) in [4.78, 5) is 16.5. The minimum Gasteiger partial charge on any atom is -0.370 e. The molecule has 1 aliphatic heterocycles. The van der Waals surface area contributed by atoms with Crippen molar-refractivity contribution in [1.82, 2.24) is 5.16 Å². The molecule has 1 unspecified atom stereocenters. The first kappa shape index (κ1) is 16.5. The summed E-state index contributed by atoms with van der Waals surface area (Å²) >= 11 is 6.03. The van der Waals surface area contributed by atoms with Gasteiger partial charge in [0.2, 0.25) is 5.91 Å². The normalized spacial score (nSPS) is 15.6. The van der Waals surface area contributed by atoms with E-state index in [4.69, 9.17) is 26.9 Å². The lowest BCUT2D eigenvalue weighted by Gasteiger charge is -2.11. The predicted molar refractivity (Wildman–Crippen MR) is 100 cm³/mol. The topological polar surface area (TPSA) is 81.5 Å². The monoisotopic (exact) mass is 365 g/mol. The molecular weight excluding hydrogens is 350 g/mol. The fourth-order valence-electron chi connectivity index (χ4n) is 3.30. The fraction of sp³-hybridized carbons (Fsp3) is 0.150. The van der Waals surface area contributed by atoms with Gasteiger partial charge in [0.1, 0.15) is 6.04 Å². The van der Waals surface area contributed by atoms with E-state index in [1.54, 1.807) is 0 Å². The number of nitrogens with two attached hydrogens (primary N) is 1. The van der Waals surface area contributed by atoms with Gasteiger partial charge in [0.25, 0.3) is 0 Å². The molecule has 4 rings (SSSR count). The number of rotatable bonds is 3. The van der Waals surface area contributed by atoms with Gasteiger partial charge < -0.3 is 10.3 Å². The van der Waals surface area contributed by atoms with E-state index in [0.29, 0.717) is 10.8 Å². The number of amides is 1. The fourth-order valence-corrected chi connectivity index (χ4v) is 3.43. The van der Waals surface area contributed by atoms with Crippen molar-refractivity contribution in [1.29, 1.82) is 0 Å². The third-order valence-electron chi connectivity index (χ3n) is 4.44. The number of hydrogen-bond acceptors (Lipinski definition) is 4. The zero-order valence-corrected chi connectivity index (χ0v) is 14.8. The molecule has 0 spiro atoms. The van der Waals surface area contributed by atoms with Gasteiger partial charge in [-0.1, -0.05) is 53.2 Å². The van der Waals surface area contributed by atoms with Crippen LogP contribution in [0.2, 0.25) is 5.02 Å². The largest absolute Gasteiger partial charge is 0.370 e. The number of halogens is 1. The van der Waals surface area contributed by atoms with Gasteiger partial charge in [0, 0.05) is 16.1 Å². The number of primary amides is 1. The summed E-state index contributed by atoms with van der Waals surface area (Å²) in [6, 6.07) is 14.9. The molecular formula is C20H16ClN3O2. The van der Waals surface area contributed by atoms with Crippen molar-refractivity contribution in [2.45, 2.75) is 19.4 Å². The van der Waals surface area contributed by atoms with Gasteiger partial charge >= 0.3 is 0 Å². The molecule has 5 nitrogen and oxygen atoms in total. The number of aromatic nitrogens is 1. The van der Waals surface area contributed by atoms with Crippen LogP contribution >= 0.6 is 11.6 Å². The lowest BCUT2D eigenvalue weighted by Crippen LogP contribution is -2.15. The minimum atomic E-state index is -0.526. The van der Waals surface area contributed by atoms with Gasteiger partial charge in [-0.3, -0.25) is 9.79 Å². The summed E-state index contributed by atoms with van der Waals surface area (Å²) in [5, 5.41) is 4.74. The van der Waals surface area contributed by atoms with E-state index < -0.39 is 11.9 Å². The van der Waals surface area contributed by atoms with Crippen molar-refractivity contribution >= 4 is 23.2 Å². The van der Waals surface area contributed by atoms with Crippen molar-refractivity contribution in [3.63, 3.8) is 0 Å². The highest BCUT2D eigenvalue weighted by atomic mass is 35.5. The van der Waals surface area contributed by atoms with Crippen LogP contribution in [-0.4, -0.2) is 16.8 Å². The van der Waals surface area contributed by atoms with E-state index in [-0.39, 0.29) is 6.42 Å². The highest BCUT2D eigenvalue weighted by molar-refractivity contribution is 6.30. The predicted octanol–water partition coefficient (Wildman–Crippen LogP) is 4.07. The number of aryl methyl sites for hydroxylation is 1. The summed E-state index contributed by atoms with van der Waals surface area (Å²) in [7, 11) is 0. The average molecular weight is 366 g/mol. The Labute approximate surface area is 155 Å². The Balaban J connectivity index is 1.99. The zero-order chi connectivity index (χ0) is 18.3. The molecule has 0 aliphatic carbocycles. The molecule has 130 valence electrons. The van der Waals surface area contributed by atoms with Crippen LogP contribution in [0, 0.1) is 6.92 Å². The first-order chi connectivity index (χ1) is 12.5. The Morgan fingerprint density at radius 2 is 1.85 bits per heavy atom. The van der Waals surface area contributed by atoms with Crippen LogP contribution in [-0.2, 0) is 4.79 Å². The van der Waals surface area contributed by atoms with Crippen LogP contribution in [0.15, 0.2) is 58.0 Å². The number of carbonyl (C=O) groups excluding carboxylic acids is 1. The van der Waals surface area contributed by atoms with Crippen molar-refractivity contribution in [3.05, 3.63) is 76.1 Å². The van der Waals surface area contributed by atoms with Gasteiger partial charge in [-0.15, -0.1) is 0 Å². The Hall–Kier alpha value is -2.92. The summed E-state index contributed by atoms with van der Waals surface area (Å²) in [6.45, 7) is 1.88. The second-order valence-electron chi connectivity index (χ2n) is 6.22. The molecule has 0 radical (unpaired) electrons. The second kappa shape index (κ2) is 6.42. The minimum absolute atomic E-state index is 0.0483. The van der Waals surface area contributed by atoms with E-state index in [1.165, 1.54) is 0 Å². The van der Waals surface area contributed by atoms with E-state index in [0.717, 1.165) is 33.7 Å². The van der Waals surface area contributed by atoms with Crippen molar-refractivity contribution < 1.29 is 9.32 Å². The summed E-state index contributed by atoms with van der Waals surface area (Å²) < 4.78 is 5.55. The number of benzene rings is 2. The maximum absolute atomic E-state index is 11.6. The van der Waals surface area contributed by atoms with Crippen LogP contribution in [0.5, 0.6) is 0 Å². The summed E-state index contributed by atoms with van der Waals surface area (Å²) in [6.07, 6.45) is 0.0483. The molecule has 0 saturated carbocycles. The first-order valence-corrected chi connectivity index (χ1v) is 8.60. The Kier molecular flexibility index (Phi) is 4.09. The van der Waals surface area contributed by atoms with Gasteiger partial charge in [-0.05, 0) is 24.6 Å². The molecule has 1 amide bonds. The Morgan fingerprint density at radius 3 is 2.54 bits per heavy atom. The molecule has 0 saturated heterocycles. The SMILES string of the molecule is Cc1noc2c1-c1ccccc1C(c1ccc(Cl)cc1)=NC2CC(N)=O. The van der Waals surface area contributed by atoms with Crippen LogP contribution in [0.4, 0.5) is 0 Å². The lowest BCUT2D eigenvalue weighted by atomic mass is 9.93. The molecule has 0 fully saturated rings. The molecule has 2 heterocycles. The second-order valence-corrected chi connectivity index (χ2v) is 6.66. The third kappa shape index (κ3) is 2.80. The zero-order valence-electron chi connectivity index (χ0n) is 14.1. The van der Waals surface area contributed by atoms with Crippen LogP contribution in [0.25, 0.3) is 11.1 Å². The van der Waals surface area contributed by atoms with Gasteiger partial charge in [0.05, 0.1) is 23.4 Å². The third-order valence-corrected chi connectivity index (χ3v) is 4.69. The number of carbonyl (C=O) groups is 1. The standard InChI is InChI=1S/C20H16ClN3O2/c1-11-18-14-4-2-3-5-15(14)19(12-6-8-13(21)9-7-12)23-16(10-17(22)25)20(18)26-24-11/h2-9,16H,10H2,1H3,(H2,22,25). The molecule has 1 aliphatic rings. The van der Waals surface area contributed by atoms with E-state index >= 15 is 0 Å². The van der Waals surface area contributed by atoms with Crippen LogP contribution < -0.4 is 5.73 Å². The highest BCUT2D eigenvalue weighted by Gasteiger charge is 2.30. The molecule has 0 bridgehead atoms. The lowest BCUT2D eigenvalue weighted by molar-refractivity contribution is -0.118. The Bertz CT molecular complexity index is 1020. The van der Waals surface area contributed by atoms with Crippen LogP contribution in [0.1, 0.15) is 35.0 Å². The highest BCUT2D eigenvalue weighted by Crippen LogP contribution is 2.40. The maximum Gasteiger partial charge on any atom is 0.220 e. The molecule has 2 N–H and O–H groups in total. The molecule has 6 heteroatoms. The summed E-state index contributed by atoms with van der Waals surface area (Å²) in [5.74, 6) is 0.123. The maximum atomic E-state index is 11.6. The first-order valence-electron chi connectivity index (χ1n) is 8.22. The van der Waals surface area contributed by atoms with Crippen molar-refractivity contribution in [2.75, 3.05) is 0 Å². The molecule has 3 aromatic rings. The van der Waals surface area contributed by atoms with Crippen LogP contribution in [0.3, 0.4) is 0 Å². The number of nitrogens with zero attached hydrogens (tertiary/aromatic N) is 2. The smallest absolute Gasteiger partial charge is 0.220 e. The number of aliphatic imine (C=N–C) groups is 1. The van der Waals surface area contributed by atoms with Crippen molar-refractivity contribution in [2.24, 2.45) is 10.7 Å². The molecule has 26 heavy (non-hydrogen) atoms. The quantitative estimate of drug-likeness (QED) is 0.759. The van der Waals surface area contributed by atoms with Gasteiger partial charge in [-0.2, -0.15) is 0 Å². The average Bonchev–Trinajstić information content (AvgIpc) is 2.94. The molecule has 1 atom stereocenters.